The third kappa shape index (κ3) is 2.42. The van der Waals surface area contributed by atoms with Crippen LogP contribution < -0.4 is 10.6 Å². The molecule has 0 saturated carbocycles. The minimum absolute atomic E-state index is 0.129. The minimum atomic E-state index is 0.129. The van der Waals surface area contributed by atoms with Crippen molar-refractivity contribution in [1.82, 2.24) is 0 Å². The molecule has 0 spiro atoms. The van der Waals surface area contributed by atoms with Gasteiger partial charge in [0.1, 0.15) is 5.84 Å². The number of amidine groups is 1. The van der Waals surface area contributed by atoms with E-state index in [-0.39, 0.29) is 11.9 Å². The molecule has 0 aromatic heterocycles. The molecule has 4 heteroatoms. The van der Waals surface area contributed by atoms with Gasteiger partial charge < -0.3 is 15.4 Å². The van der Waals surface area contributed by atoms with Crippen LogP contribution in [0.4, 0.5) is 5.69 Å². The lowest BCUT2D eigenvalue weighted by Gasteiger charge is -2.21. The monoisotopic (exact) mass is 233 g/mol. The second-order valence-electron chi connectivity index (χ2n) is 4.53. The summed E-state index contributed by atoms with van der Waals surface area (Å²) in [5, 5.41) is 7.65. The first-order chi connectivity index (χ1) is 8.11. The Kier molecular flexibility index (Phi) is 3.33. The topological polar surface area (TPSA) is 62.3 Å². The molecule has 1 fully saturated rings. The van der Waals surface area contributed by atoms with Crippen LogP contribution in [-0.4, -0.2) is 32.1 Å². The number of ether oxygens (including phenoxy) is 1. The summed E-state index contributed by atoms with van der Waals surface area (Å²) in [7, 11) is 1.75. The van der Waals surface area contributed by atoms with Crippen molar-refractivity contribution >= 4 is 11.5 Å². The highest BCUT2D eigenvalue weighted by molar-refractivity contribution is 6.00. The molecule has 1 atom stereocenters. The Morgan fingerprint density at radius 2 is 2.29 bits per heavy atom. The Balaban J connectivity index is 2.29. The van der Waals surface area contributed by atoms with Crippen LogP contribution in [0.15, 0.2) is 18.2 Å². The number of nitrogen functional groups attached to an aromatic ring is 1. The number of nitrogens with one attached hydrogen (secondary N) is 1. The van der Waals surface area contributed by atoms with Crippen molar-refractivity contribution < 1.29 is 4.74 Å². The summed E-state index contributed by atoms with van der Waals surface area (Å²) in [6, 6.07) is 6.07. The van der Waals surface area contributed by atoms with Crippen molar-refractivity contribution in [3.05, 3.63) is 29.3 Å². The first-order valence-electron chi connectivity index (χ1n) is 5.84. The summed E-state index contributed by atoms with van der Waals surface area (Å²) >= 11 is 0. The Morgan fingerprint density at radius 1 is 1.53 bits per heavy atom. The van der Waals surface area contributed by atoms with Gasteiger partial charge in [0, 0.05) is 31.5 Å². The molecule has 1 aromatic rings. The van der Waals surface area contributed by atoms with E-state index < -0.39 is 0 Å². The van der Waals surface area contributed by atoms with Crippen LogP contribution in [0.1, 0.15) is 17.5 Å². The van der Waals surface area contributed by atoms with E-state index in [0.29, 0.717) is 0 Å². The predicted octanol–water partition coefficient (Wildman–Crippen LogP) is 1.50. The molecule has 92 valence electrons. The third-order valence-electron chi connectivity index (χ3n) is 3.26. The molecule has 1 unspecified atom stereocenters. The number of rotatable bonds is 3. The van der Waals surface area contributed by atoms with Gasteiger partial charge in [0.2, 0.25) is 0 Å². The number of methoxy groups -OCH3 is 1. The number of anilines is 1. The van der Waals surface area contributed by atoms with Crippen molar-refractivity contribution in [3.8, 4) is 0 Å². The van der Waals surface area contributed by atoms with Gasteiger partial charge in [-0.2, -0.15) is 0 Å². The second kappa shape index (κ2) is 4.75. The number of nitrogens with zero attached hydrogens (tertiary/aromatic N) is 1. The van der Waals surface area contributed by atoms with Crippen molar-refractivity contribution in [1.29, 1.82) is 5.41 Å². The van der Waals surface area contributed by atoms with Gasteiger partial charge >= 0.3 is 0 Å². The average Bonchev–Trinajstić information content (AvgIpc) is 2.77. The summed E-state index contributed by atoms with van der Waals surface area (Å²) in [5.74, 6) is 0.129. The highest BCUT2D eigenvalue weighted by atomic mass is 16.5. The quantitative estimate of drug-likeness (QED) is 0.614. The maximum atomic E-state index is 7.65. The fraction of sp³-hybridized carbons (Fsp3) is 0.462. The second-order valence-corrected chi connectivity index (χ2v) is 4.53. The largest absolute Gasteiger partial charge is 0.384 e. The molecule has 17 heavy (non-hydrogen) atoms. The zero-order valence-electron chi connectivity index (χ0n) is 10.4. The zero-order valence-corrected chi connectivity index (χ0v) is 10.4. The molecule has 1 heterocycles. The van der Waals surface area contributed by atoms with E-state index in [0.717, 1.165) is 36.3 Å². The van der Waals surface area contributed by atoms with Gasteiger partial charge in [0.25, 0.3) is 0 Å². The number of hydrogen-bond acceptors (Lipinski definition) is 3. The Hall–Kier alpha value is -1.55. The number of aryl methyl sites for hydroxylation is 1. The van der Waals surface area contributed by atoms with Crippen molar-refractivity contribution in [2.24, 2.45) is 5.73 Å². The lowest BCUT2D eigenvalue weighted by molar-refractivity contribution is 0.121. The number of nitrogens with two attached hydrogens (primary N) is 1. The highest BCUT2D eigenvalue weighted by Gasteiger charge is 2.24. The highest BCUT2D eigenvalue weighted by Crippen LogP contribution is 2.26. The van der Waals surface area contributed by atoms with Crippen molar-refractivity contribution in [3.63, 3.8) is 0 Å². The van der Waals surface area contributed by atoms with E-state index in [1.807, 2.05) is 19.1 Å². The SMILES string of the molecule is COC1CCN(c2ccc(C)cc2C(=N)N)C1. The summed E-state index contributed by atoms with van der Waals surface area (Å²) in [6.07, 6.45) is 1.32. The molecule has 1 aliphatic rings. The average molecular weight is 233 g/mol. The number of hydrogen-bond donors (Lipinski definition) is 2. The summed E-state index contributed by atoms with van der Waals surface area (Å²) in [5.41, 5.74) is 8.64. The molecule has 0 radical (unpaired) electrons. The van der Waals surface area contributed by atoms with E-state index in [9.17, 15) is 0 Å². The van der Waals surface area contributed by atoms with Crippen LogP contribution in [0.5, 0.6) is 0 Å². The standard InChI is InChI=1S/C13H19N3O/c1-9-3-4-12(11(7-9)13(14)15)16-6-5-10(8-16)17-2/h3-4,7,10H,5-6,8H2,1-2H3,(H3,14,15). The molecule has 0 aliphatic carbocycles. The smallest absolute Gasteiger partial charge is 0.124 e. The minimum Gasteiger partial charge on any atom is -0.384 e. The summed E-state index contributed by atoms with van der Waals surface area (Å²) in [6.45, 7) is 3.85. The van der Waals surface area contributed by atoms with E-state index >= 15 is 0 Å². The van der Waals surface area contributed by atoms with E-state index in [1.165, 1.54) is 0 Å². The van der Waals surface area contributed by atoms with Crippen LogP contribution in [0.25, 0.3) is 0 Å². The summed E-state index contributed by atoms with van der Waals surface area (Å²) in [4.78, 5) is 2.24. The molecular weight excluding hydrogens is 214 g/mol. The fourth-order valence-electron chi connectivity index (χ4n) is 2.28. The fourth-order valence-corrected chi connectivity index (χ4v) is 2.28. The van der Waals surface area contributed by atoms with E-state index in [4.69, 9.17) is 15.9 Å². The van der Waals surface area contributed by atoms with Crippen molar-refractivity contribution in [2.45, 2.75) is 19.4 Å². The van der Waals surface area contributed by atoms with Crippen LogP contribution in [0, 0.1) is 12.3 Å². The molecular formula is C13H19N3O. The van der Waals surface area contributed by atoms with Gasteiger partial charge in [-0.25, -0.2) is 0 Å². The first-order valence-corrected chi connectivity index (χ1v) is 5.84. The maximum Gasteiger partial charge on any atom is 0.124 e. The Bertz CT molecular complexity index is 431. The molecule has 2 rings (SSSR count). The summed E-state index contributed by atoms with van der Waals surface area (Å²) < 4.78 is 5.36. The van der Waals surface area contributed by atoms with Gasteiger partial charge in [-0.15, -0.1) is 0 Å². The third-order valence-corrected chi connectivity index (χ3v) is 3.26. The molecule has 1 saturated heterocycles. The Labute approximate surface area is 102 Å². The van der Waals surface area contributed by atoms with Gasteiger partial charge in [-0.3, -0.25) is 5.41 Å². The van der Waals surface area contributed by atoms with Crippen LogP contribution in [0.3, 0.4) is 0 Å². The lowest BCUT2D eigenvalue weighted by Crippen LogP contribution is -2.25. The Morgan fingerprint density at radius 3 is 2.88 bits per heavy atom. The van der Waals surface area contributed by atoms with Crippen LogP contribution in [-0.2, 0) is 4.74 Å². The molecule has 1 aromatic carbocycles. The normalized spacial score (nSPS) is 19.6. The maximum absolute atomic E-state index is 7.65. The predicted molar refractivity (Wildman–Crippen MR) is 69.8 cm³/mol. The number of benzene rings is 1. The zero-order chi connectivity index (χ0) is 12.4. The van der Waals surface area contributed by atoms with Gasteiger partial charge in [0.05, 0.1) is 6.10 Å². The lowest BCUT2D eigenvalue weighted by atomic mass is 10.1. The molecule has 3 N–H and O–H groups in total. The van der Waals surface area contributed by atoms with Crippen LogP contribution in [0.2, 0.25) is 0 Å². The van der Waals surface area contributed by atoms with Crippen LogP contribution >= 0.6 is 0 Å². The van der Waals surface area contributed by atoms with E-state index in [2.05, 4.69) is 11.0 Å². The molecule has 1 aliphatic heterocycles. The first kappa shape index (κ1) is 11.9. The van der Waals surface area contributed by atoms with Crippen molar-refractivity contribution in [2.75, 3.05) is 25.1 Å². The molecule has 0 bridgehead atoms. The molecule has 4 nitrogen and oxygen atoms in total. The van der Waals surface area contributed by atoms with Gasteiger partial charge in [-0.05, 0) is 25.5 Å². The van der Waals surface area contributed by atoms with Gasteiger partial charge in [-0.1, -0.05) is 11.6 Å². The van der Waals surface area contributed by atoms with E-state index in [1.54, 1.807) is 7.11 Å². The van der Waals surface area contributed by atoms with Gasteiger partial charge in [0.15, 0.2) is 0 Å². The molecule has 0 amide bonds.